The molecule has 94 valence electrons. The minimum atomic E-state index is -0.792. The molecule has 0 fully saturated rings. The Labute approximate surface area is 102 Å². The zero-order chi connectivity index (χ0) is 12.7. The van der Waals surface area contributed by atoms with Crippen molar-refractivity contribution >= 4 is 5.91 Å². The van der Waals surface area contributed by atoms with E-state index >= 15 is 0 Å². The van der Waals surface area contributed by atoms with E-state index in [0.29, 0.717) is 19.4 Å². The molecule has 0 unspecified atom stereocenters. The van der Waals surface area contributed by atoms with Gasteiger partial charge in [0, 0.05) is 18.4 Å². The maximum atomic E-state index is 11.6. The lowest BCUT2D eigenvalue weighted by Gasteiger charge is -2.25. The normalized spacial score (nSPS) is 11.2. The number of carbonyl (C=O) groups excluding carboxylic acids is 1. The van der Waals surface area contributed by atoms with Crippen LogP contribution >= 0.6 is 0 Å². The Morgan fingerprint density at radius 3 is 2.65 bits per heavy atom. The third-order valence-corrected chi connectivity index (χ3v) is 3.00. The van der Waals surface area contributed by atoms with Crippen molar-refractivity contribution in [1.82, 2.24) is 10.3 Å². The van der Waals surface area contributed by atoms with Crippen LogP contribution < -0.4 is 5.32 Å². The van der Waals surface area contributed by atoms with Crippen molar-refractivity contribution in [2.75, 3.05) is 6.54 Å². The van der Waals surface area contributed by atoms with Crippen LogP contribution in [0.4, 0.5) is 0 Å². The Hall–Kier alpha value is -1.42. The van der Waals surface area contributed by atoms with Crippen LogP contribution in [-0.4, -0.2) is 28.1 Å². The lowest BCUT2D eigenvalue weighted by Crippen LogP contribution is -2.42. The van der Waals surface area contributed by atoms with Gasteiger partial charge in [0.15, 0.2) is 0 Å². The van der Waals surface area contributed by atoms with Crippen molar-refractivity contribution in [1.29, 1.82) is 0 Å². The average molecular weight is 236 g/mol. The molecule has 0 saturated carbocycles. The molecule has 1 amide bonds. The van der Waals surface area contributed by atoms with Crippen molar-refractivity contribution in [3.05, 3.63) is 30.1 Å². The largest absolute Gasteiger partial charge is 0.388 e. The van der Waals surface area contributed by atoms with Crippen molar-refractivity contribution in [2.24, 2.45) is 0 Å². The number of rotatable bonds is 6. The number of pyridine rings is 1. The van der Waals surface area contributed by atoms with Gasteiger partial charge in [-0.15, -0.1) is 0 Å². The average Bonchev–Trinajstić information content (AvgIpc) is 2.37. The number of nitrogens with one attached hydrogen (secondary N) is 1. The van der Waals surface area contributed by atoms with E-state index < -0.39 is 5.60 Å². The van der Waals surface area contributed by atoms with Crippen LogP contribution in [0.1, 0.15) is 32.4 Å². The van der Waals surface area contributed by atoms with E-state index in [1.165, 1.54) is 0 Å². The molecule has 0 saturated heterocycles. The molecule has 1 aromatic rings. The molecule has 0 radical (unpaired) electrons. The fourth-order valence-corrected chi connectivity index (χ4v) is 1.49. The van der Waals surface area contributed by atoms with Crippen LogP contribution in [0.2, 0.25) is 0 Å². The standard InChI is InChI=1S/C13H20N2O2/c1-3-13(17,4-2)10-15-12(16)9-11-7-5-6-8-14-11/h5-8,17H,3-4,9-10H2,1-2H3,(H,15,16). The van der Waals surface area contributed by atoms with Crippen LogP contribution in [0.15, 0.2) is 24.4 Å². The number of nitrogens with zero attached hydrogens (tertiary/aromatic N) is 1. The molecule has 1 rings (SSSR count). The molecule has 0 atom stereocenters. The van der Waals surface area contributed by atoms with Crippen molar-refractivity contribution in [2.45, 2.75) is 38.7 Å². The third-order valence-electron chi connectivity index (χ3n) is 3.00. The lowest BCUT2D eigenvalue weighted by molar-refractivity contribution is -0.121. The van der Waals surface area contributed by atoms with E-state index in [1.54, 1.807) is 6.20 Å². The first kappa shape index (κ1) is 13.6. The topological polar surface area (TPSA) is 62.2 Å². The number of carbonyl (C=O) groups is 1. The summed E-state index contributed by atoms with van der Waals surface area (Å²) in [6, 6.07) is 5.48. The summed E-state index contributed by atoms with van der Waals surface area (Å²) in [5.74, 6) is -0.107. The molecule has 4 nitrogen and oxygen atoms in total. The van der Waals surface area contributed by atoms with Crippen LogP contribution in [0.3, 0.4) is 0 Å². The minimum absolute atomic E-state index is 0.107. The van der Waals surface area contributed by atoms with Crippen LogP contribution in [-0.2, 0) is 11.2 Å². The van der Waals surface area contributed by atoms with Crippen molar-refractivity contribution in [3.63, 3.8) is 0 Å². The summed E-state index contributed by atoms with van der Waals surface area (Å²) in [6.45, 7) is 4.12. The summed E-state index contributed by atoms with van der Waals surface area (Å²) in [6.07, 6.45) is 3.18. The first-order valence-electron chi connectivity index (χ1n) is 5.98. The summed E-state index contributed by atoms with van der Waals surface area (Å²) in [5.41, 5.74) is -0.0544. The molecule has 0 aliphatic rings. The Bertz CT molecular complexity index is 348. The SMILES string of the molecule is CCC(O)(CC)CNC(=O)Cc1ccccn1. The van der Waals surface area contributed by atoms with Gasteiger partial charge in [0.05, 0.1) is 12.0 Å². The van der Waals surface area contributed by atoms with Gasteiger partial charge in [-0.1, -0.05) is 19.9 Å². The van der Waals surface area contributed by atoms with Crippen molar-refractivity contribution in [3.8, 4) is 0 Å². The molecule has 0 spiro atoms. The van der Waals surface area contributed by atoms with Gasteiger partial charge in [-0.3, -0.25) is 9.78 Å². The maximum Gasteiger partial charge on any atom is 0.226 e. The number of hydrogen-bond acceptors (Lipinski definition) is 3. The molecular weight excluding hydrogens is 216 g/mol. The number of aliphatic hydroxyl groups is 1. The third kappa shape index (κ3) is 4.53. The maximum absolute atomic E-state index is 11.6. The molecular formula is C13H20N2O2. The monoisotopic (exact) mass is 236 g/mol. The van der Waals surface area contributed by atoms with Gasteiger partial charge in [-0.05, 0) is 25.0 Å². The van der Waals surface area contributed by atoms with Gasteiger partial charge in [-0.25, -0.2) is 0 Å². The molecule has 1 aromatic heterocycles. The predicted molar refractivity (Wildman–Crippen MR) is 66.5 cm³/mol. The molecule has 0 aliphatic carbocycles. The summed E-state index contributed by atoms with van der Waals surface area (Å²) in [4.78, 5) is 15.7. The fourth-order valence-electron chi connectivity index (χ4n) is 1.49. The Morgan fingerprint density at radius 2 is 2.12 bits per heavy atom. The Balaban J connectivity index is 2.41. The Morgan fingerprint density at radius 1 is 1.41 bits per heavy atom. The quantitative estimate of drug-likeness (QED) is 0.782. The molecule has 0 aromatic carbocycles. The highest BCUT2D eigenvalue weighted by molar-refractivity contribution is 5.78. The van der Waals surface area contributed by atoms with Crippen LogP contribution in [0.25, 0.3) is 0 Å². The number of hydrogen-bond donors (Lipinski definition) is 2. The van der Waals surface area contributed by atoms with Gasteiger partial charge in [-0.2, -0.15) is 0 Å². The minimum Gasteiger partial charge on any atom is -0.388 e. The summed E-state index contributed by atoms with van der Waals surface area (Å²) < 4.78 is 0. The van der Waals surface area contributed by atoms with Gasteiger partial charge >= 0.3 is 0 Å². The van der Waals surface area contributed by atoms with Crippen LogP contribution in [0, 0.1) is 0 Å². The second-order valence-corrected chi connectivity index (χ2v) is 4.21. The molecule has 0 bridgehead atoms. The number of aromatic nitrogens is 1. The summed E-state index contributed by atoms with van der Waals surface area (Å²) in [7, 11) is 0. The molecule has 4 heteroatoms. The molecule has 0 aliphatic heterocycles. The van der Waals surface area contributed by atoms with Crippen LogP contribution in [0.5, 0.6) is 0 Å². The first-order valence-corrected chi connectivity index (χ1v) is 5.98. The van der Waals surface area contributed by atoms with Crippen molar-refractivity contribution < 1.29 is 9.90 Å². The molecule has 17 heavy (non-hydrogen) atoms. The molecule has 1 heterocycles. The zero-order valence-electron chi connectivity index (χ0n) is 10.4. The highest BCUT2D eigenvalue weighted by Gasteiger charge is 2.22. The highest BCUT2D eigenvalue weighted by Crippen LogP contribution is 2.12. The first-order chi connectivity index (χ1) is 8.09. The zero-order valence-corrected chi connectivity index (χ0v) is 10.4. The predicted octanol–water partition coefficient (Wildman–Crippen LogP) is 1.29. The smallest absolute Gasteiger partial charge is 0.226 e. The van der Waals surface area contributed by atoms with E-state index in [-0.39, 0.29) is 12.3 Å². The van der Waals surface area contributed by atoms with E-state index in [4.69, 9.17) is 0 Å². The molecule has 2 N–H and O–H groups in total. The fraction of sp³-hybridized carbons (Fsp3) is 0.538. The van der Waals surface area contributed by atoms with Gasteiger partial charge in [0.25, 0.3) is 0 Å². The second kappa shape index (κ2) is 6.35. The van der Waals surface area contributed by atoms with Gasteiger partial charge < -0.3 is 10.4 Å². The lowest BCUT2D eigenvalue weighted by atomic mass is 9.97. The highest BCUT2D eigenvalue weighted by atomic mass is 16.3. The van der Waals surface area contributed by atoms with Gasteiger partial charge in [0.1, 0.15) is 0 Å². The number of amides is 1. The second-order valence-electron chi connectivity index (χ2n) is 4.21. The summed E-state index contributed by atoms with van der Waals surface area (Å²) >= 11 is 0. The van der Waals surface area contributed by atoms with E-state index in [2.05, 4.69) is 10.3 Å². The van der Waals surface area contributed by atoms with Gasteiger partial charge in [0.2, 0.25) is 5.91 Å². The summed E-state index contributed by atoms with van der Waals surface area (Å²) in [5, 5.41) is 12.8. The van der Waals surface area contributed by atoms with E-state index in [0.717, 1.165) is 5.69 Å². The van der Waals surface area contributed by atoms with E-state index in [9.17, 15) is 9.90 Å². The Kier molecular flexibility index (Phi) is 5.10. The van der Waals surface area contributed by atoms with E-state index in [1.807, 2.05) is 32.0 Å².